The van der Waals surface area contributed by atoms with Crippen LogP contribution in [-0.2, 0) is 0 Å². The van der Waals surface area contributed by atoms with E-state index in [4.69, 9.17) is 4.74 Å². The van der Waals surface area contributed by atoms with E-state index in [1.807, 2.05) is 55.1 Å². The first-order valence-electron chi connectivity index (χ1n) is 13.5. The molecule has 1 fully saturated rings. The number of piperidine rings is 1. The third-order valence-corrected chi connectivity index (χ3v) is 7.46. The van der Waals surface area contributed by atoms with Gasteiger partial charge in [0.25, 0.3) is 11.8 Å². The molecule has 0 spiro atoms. The van der Waals surface area contributed by atoms with Gasteiger partial charge in [0.15, 0.2) is 11.5 Å². The summed E-state index contributed by atoms with van der Waals surface area (Å²) in [5.41, 5.74) is 6.14. The molecular formula is C32H34N4O4. The molecule has 2 N–H and O–H groups in total. The van der Waals surface area contributed by atoms with E-state index < -0.39 is 5.91 Å². The minimum atomic E-state index is -0.523. The molecule has 0 radical (unpaired) electrons. The van der Waals surface area contributed by atoms with Gasteiger partial charge >= 0.3 is 0 Å². The number of aryl methyl sites for hydroxylation is 3. The van der Waals surface area contributed by atoms with Gasteiger partial charge in [-0.3, -0.25) is 9.59 Å². The number of hydrogen-bond acceptors (Lipinski definition) is 5. The molecule has 8 heteroatoms. The van der Waals surface area contributed by atoms with E-state index in [-0.39, 0.29) is 17.4 Å². The number of benzene rings is 3. The Morgan fingerprint density at radius 2 is 1.62 bits per heavy atom. The van der Waals surface area contributed by atoms with E-state index in [1.54, 1.807) is 38.3 Å². The number of carbonyl (C=O) groups is 2. The standard InChI is InChI=1S/C32H34N4O4/c1-20-10-8-11-21(2)28(20)26-19-23(14-15-27(26)40-4)30-33-22(3)29(36(30)39)31(37)34-25-13-9-12-24(18-25)32(38)35-16-6-5-7-17-35/h8-15,18-19,39H,5-7,16-17H2,1-4H3,(H,34,37). The smallest absolute Gasteiger partial charge is 0.277 e. The lowest BCUT2D eigenvalue weighted by molar-refractivity contribution is 0.0724. The molecule has 4 aromatic rings. The predicted molar refractivity (Wildman–Crippen MR) is 155 cm³/mol. The Labute approximate surface area is 234 Å². The van der Waals surface area contributed by atoms with Crippen LogP contribution in [0.5, 0.6) is 5.75 Å². The fourth-order valence-electron chi connectivity index (χ4n) is 5.45. The van der Waals surface area contributed by atoms with Crippen molar-refractivity contribution in [1.82, 2.24) is 14.6 Å². The van der Waals surface area contributed by atoms with Crippen molar-refractivity contribution >= 4 is 17.5 Å². The monoisotopic (exact) mass is 538 g/mol. The lowest BCUT2D eigenvalue weighted by Crippen LogP contribution is -2.35. The van der Waals surface area contributed by atoms with Gasteiger partial charge in [-0.15, -0.1) is 0 Å². The van der Waals surface area contributed by atoms with Crippen LogP contribution in [0.3, 0.4) is 0 Å². The van der Waals surface area contributed by atoms with Crippen molar-refractivity contribution in [2.24, 2.45) is 0 Å². The first-order valence-corrected chi connectivity index (χ1v) is 13.5. The molecule has 0 unspecified atom stereocenters. The average molecular weight is 539 g/mol. The first kappa shape index (κ1) is 27.0. The van der Waals surface area contributed by atoms with Crippen LogP contribution in [0, 0.1) is 20.8 Å². The number of hydrogen-bond donors (Lipinski definition) is 2. The van der Waals surface area contributed by atoms with Crippen molar-refractivity contribution in [3.63, 3.8) is 0 Å². The molecule has 1 aromatic heterocycles. The van der Waals surface area contributed by atoms with Gasteiger partial charge in [-0.2, -0.15) is 4.73 Å². The largest absolute Gasteiger partial charge is 0.496 e. The summed E-state index contributed by atoms with van der Waals surface area (Å²) in [5.74, 6) is 0.378. The normalized spacial score (nSPS) is 13.2. The number of likely N-dealkylation sites (tertiary alicyclic amines) is 1. The molecule has 40 heavy (non-hydrogen) atoms. The van der Waals surface area contributed by atoms with E-state index in [2.05, 4.69) is 10.3 Å². The lowest BCUT2D eigenvalue weighted by atomic mass is 9.93. The first-order chi connectivity index (χ1) is 19.3. The minimum absolute atomic E-state index is 0.0206. The number of carbonyl (C=O) groups excluding carboxylic acids is 2. The number of rotatable bonds is 6. The van der Waals surface area contributed by atoms with E-state index in [0.717, 1.165) is 59.3 Å². The van der Waals surface area contributed by atoms with Crippen LogP contribution in [-0.4, -0.2) is 51.8 Å². The second kappa shape index (κ2) is 11.3. The minimum Gasteiger partial charge on any atom is -0.496 e. The zero-order chi connectivity index (χ0) is 28.4. The Kier molecular flexibility index (Phi) is 7.60. The van der Waals surface area contributed by atoms with E-state index in [9.17, 15) is 14.8 Å². The SMILES string of the molecule is COc1ccc(-c2nc(C)c(C(=O)Nc3cccc(C(=O)N4CCCCC4)c3)n2O)cc1-c1c(C)cccc1C. The van der Waals surface area contributed by atoms with Gasteiger partial charge in [-0.25, -0.2) is 4.98 Å². The van der Waals surface area contributed by atoms with Crippen molar-refractivity contribution in [1.29, 1.82) is 0 Å². The number of anilines is 1. The van der Waals surface area contributed by atoms with Crippen molar-refractivity contribution in [3.8, 4) is 28.3 Å². The molecule has 0 bridgehead atoms. The molecule has 1 saturated heterocycles. The third-order valence-electron chi connectivity index (χ3n) is 7.46. The molecule has 2 heterocycles. The Morgan fingerprint density at radius 1 is 0.925 bits per heavy atom. The van der Waals surface area contributed by atoms with Gasteiger partial charge in [0.2, 0.25) is 0 Å². The van der Waals surface area contributed by atoms with E-state index in [1.165, 1.54) is 0 Å². The predicted octanol–water partition coefficient (Wildman–Crippen LogP) is 6.27. The lowest BCUT2D eigenvalue weighted by Gasteiger charge is -2.26. The quantitative estimate of drug-likeness (QED) is 0.282. The number of ether oxygens (including phenoxy) is 1. The van der Waals surface area contributed by atoms with Crippen LogP contribution in [0.25, 0.3) is 22.5 Å². The summed E-state index contributed by atoms with van der Waals surface area (Å²) in [5, 5.41) is 13.9. The highest BCUT2D eigenvalue weighted by atomic mass is 16.5. The van der Waals surface area contributed by atoms with E-state index >= 15 is 0 Å². The van der Waals surface area contributed by atoms with Crippen molar-refractivity contribution in [3.05, 3.63) is 88.7 Å². The molecule has 0 aliphatic carbocycles. The molecule has 1 aliphatic rings. The van der Waals surface area contributed by atoms with Crippen molar-refractivity contribution in [2.45, 2.75) is 40.0 Å². The highest BCUT2D eigenvalue weighted by molar-refractivity contribution is 6.05. The number of imidazole rings is 1. The maximum Gasteiger partial charge on any atom is 0.277 e. The highest BCUT2D eigenvalue weighted by Gasteiger charge is 2.24. The highest BCUT2D eigenvalue weighted by Crippen LogP contribution is 2.37. The van der Waals surface area contributed by atoms with Crippen LogP contribution in [0.2, 0.25) is 0 Å². The Morgan fingerprint density at radius 3 is 2.33 bits per heavy atom. The maximum atomic E-state index is 13.3. The Hall–Kier alpha value is -4.59. The summed E-state index contributed by atoms with van der Waals surface area (Å²) in [6.45, 7) is 7.26. The average Bonchev–Trinajstić information content (AvgIpc) is 3.26. The Balaban J connectivity index is 1.44. The number of methoxy groups -OCH3 is 1. The number of nitrogens with one attached hydrogen (secondary N) is 1. The van der Waals surface area contributed by atoms with Gasteiger partial charge in [0.1, 0.15) is 5.75 Å². The number of aromatic nitrogens is 2. The fraction of sp³-hybridized carbons (Fsp3) is 0.281. The number of amides is 2. The second-order valence-electron chi connectivity index (χ2n) is 10.3. The summed E-state index contributed by atoms with van der Waals surface area (Å²) < 4.78 is 6.47. The fourth-order valence-corrected chi connectivity index (χ4v) is 5.45. The third kappa shape index (κ3) is 5.17. The van der Waals surface area contributed by atoms with Gasteiger partial charge in [-0.05, 0) is 93.1 Å². The molecule has 5 rings (SSSR count). The van der Waals surface area contributed by atoms with Crippen LogP contribution in [0.15, 0.2) is 60.7 Å². The summed E-state index contributed by atoms with van der Waals surface area (Å²) in [6.07, 6.45) is 3.15. The van der Waals surface area contributed by atoms with Gasteiger partial charge in [0, 0.05) is 35.5 Å². The molecule has 206 valence electrons. The molecule has 0 saturated carbocycles. The molecule has 8 nitrogen and oxygen atoms in total. The molecule has 1 aliphatic heterocycles. The second-order valence-corrected chi connectivity index (χ2v) is 10.3. The summed E-state index contributed by atoms with van der Waals surface area (Å²) in [6, 6.07) is 18.6. The molecule has 0 atom stereocenters. The van der Waals surface area contributed by atoms with Crippen LogP contribution >= 0.6 is 0 Å². The Bertz CT molecular complexity index is 1560. The van der Waals surface area contributed by atoms with Crippen LogP contribution in [0.4, 0.5) is 5.69 Å². The van der Waals surface area contributed by atoms with Gasteiger partial charge in [-0.1, -0.05) is 24.3 Å². The summed E-state index contributed by atoms with van der Waals surface area (Å²) in [7, 11) is 1.63. The maximum absolute atomic E-state index is 13.3. The van der Waals surface area contributed by atoms with Crippen molar-refractivity contribution < 1.29 is 19.5 Å². The molecular weight excluding hydrogens is 504 g/mol. The van der Waals surface area contributed by atoms with Gasteiger partial charge < -0.3 is 20.2 Å². The van der Waals surface area contributed by atoms with Crippen molar-refractivity contribution in [2.75, 3.05) is 25.5 Å². The molecule has 2 amide bonds. The zero-order valence-corrected chi connectivity index (χ0v) is 23.3. The summed E-state index contributed by atoms with van der Waals surface area (Å²) in [4.78, 5) is 32.6. The topological polar surface area (TPSA) is 96.7 Å². The van der Waals surface area contributed by atoms with E-state index in [0.29, 0.717) is 28.3 Å². The zero-order valence-electron chi connectivity index (χ0n) is 23.3. The number of nitrogens with zero attached hydrogens (tertiary/aromatic N) is 3. The van der Waals surface area contributed by atoms with Crippen LogP contribution < -0.4 is 10.1 Å². The molecule has 3 aromatic carbocycles. The van der Waals surface area contributed by atoms with Crippen LogP contribution in [0.1, 0.15) is 56.9 Å². The summed E-state index contributed by atoms with van der Waals surface area (Å²) >= 11 is 0. The van der Waals surface area contributed by atoms with Gasteiger partial charge in [0.05, 0.1) is 12.8 Å².